The molecule has 1 heterocycles. The fourth-order valence-electron chi connectivity index (χ4n) is 2.40. The molecule has 0 saturated carbocycles. The first kappa shape index (κ1) is 16.2. The summed E-state index contributed by atoms with van der Waals surface area (Å²) in [4.78, 5) is 17.0. The van der Waals surface area contributed by atoms with E-state index in [1.807, 2.05) is 57.2 Å². The van der Waals surface area contributed by atoms with E-state index >= 15 is 0 Å². The highest BCUT2D eigenvalue weighted by Gasteiger charge is 2.16. The lowest BCUT2D eigenvalue weighted by atomic mass is 10.1. The number of hydrogen-bond acceptors (Lipinski definition) is 3. The normalized spacial score (nSPS) is 12.0. The van der Waals surface area contributed by atoms with Crippen LogP contribution in [0.5, 0.6) is 0 Å². The van der Waals surface area contributed by atoms with Gasteiger partial charge in [0.15, 0.2) is 0 Å². The maximum absolute atomic E-state index is 12.5. The van der Waals surface area contributed by atoms with Gasteiger partial charge in [0.05, 0.1) is 23.9 Å². The average Bonchev–Trinajstić information content (AvgIpc) is 2.50. The van der Waals surface area contributed by atoms with Crippen LogP contribution in [0.3, 0.4) is 0 Å². The number of carbonyl (C=O) groups excluding carboxylic acids is 1. The largest absolute Gasteiger partial charge is 0.380 e. The van der Waals surface area contributed by atoms with Crippen molar-refractivity contribution in [2.75, 3.05) is 7.11 Å². The highest BCUT2D eigenvalue weighted by Crippen LogP contribution is 2.16. The number of pyridine rings is 1. The molecular formula is C18H22N2O2. The third kappa shape index (κ3) is 3.71. The molecule has 116 valence electrons. The third-order valence-electron chi connectivity index (χ3n) is 3.70. The molecule has 0 saturated heterocycles. The van der Waals surface area contributed by atoms with E-state index in [2.05, 4.69) is 10.3 Å². The molecule has 4 nitrogen and oxygen atoms in total. The second-order valence-corrected chi connectivity index (χ2v) is 5.40. The first-order chi connectivity index (χ1) is 10.5. The molecule has 2 rings (SSSR count). The number of hydrogen-bond donors (Lipinski definition) is 1. The Balaban J connectivity index is 2.20. The first-order valence-electron chi connectivity index (χ1n) is 7.34. The van der Waals surface area contributed by atoms with Gasteiger partial charge in [0.25, 0.3) is 5.91 Å². The van der Waals surface area contributed by atoms with Gasteiger partial charge in [-0.05, 0) is 38.0 Å². The van der Waals surface area contributed by atoms with Crippen LogP contribution in [0.25, 0.3) is 0 Å². The summed E-state index contributed by atoms with van der Waals surface area (Å²) in [7, 11) is 1.64. The minimum Gasteiger partial charge on any atom is -0.380 e. The summed E-state index contributed by atoms with van der Waals surface area (Å²) >= 11 is 0. The third-order valence-corrected chi connectivity index (χ3v) is 3.70. The van der Waals surface area contributed by atoms with Gasteiger partial charge < -0.3 is 10.1 Å². The summed E-state index contributed by atoms with van der Waals surface area (Å²) in [6, 6.07) is 11.7. The van der Waals surface area contributed by atoms with Gasteiger partial charge >= 0.3 is 0 Å². The summed E-state index contributed by atoms with van der Waals surface area (Å²) < 4.78 is 5.16. The van der Waals surface area contributed by atoms with E-state index in [1.54, 1.807) is 7.11 Å². The van der Waals surface area contributed by atoms with Gasteiger partial charge in [-0.2, -0.15) is 0 Å². The number of aromatic nitrogens is 1. The number of ether oxygens (including phenoxy) is 1. The van der Waals surface area contributed by atoms with E-state index in [4.69, 9.17) is 4.74 Å². The van der Waals surface area contributed by atoms with Crippen molar-refractivity contribution in [1.82, 2.24) is 10.3 Å². The zero-order valence-electron chi connectivity index (χ0n) is 13.5. The molecular weight excluding hydrogens is 276 g/mol. The number of nitrogens with zero attached hydrogens (tertiary/aromatic N) is 1. The van der Waals surface area contributed by atoms with Gasteiger partial charge in [-0.25, -0.2) is 0 Å². The number of aryl methyl sites for hydroxylation is 2. The molecule has 2 aromatic rings. The summed E-state index contributed by atoms with van der Waals surface area (Å²) in [5.41, 5.74) is 4.24. The molecule has 0 aliphatic carbocycles. The van der Waals surface area contributed by atoms with Gasteiger partial charge in [0.1, 0.15) is 0 Å². The number of rotatable bonds is 5. The topological polar surface area (TPSA) is 51.2 Å². The molecule has 1 N–H and O–H groups in total. The van der Waals surface area contributed by atoms with Gasteiger partial charge in [-0.15, -0.1) is 0 Å². The van der Waals surface area contributed by atoms with Crippen LogP contribution >= 0.6 is 0 Å². The zero-order valence-corrected chi connectivity index (χ0v) is 13.5. The average molecular weight is 298 g/mol. The Bertz CT molecular complexity index is 654. The van der Waals surface area contributed by atoms with Crippen molar-refractivity contribution < 1.29 is 9.53 Å². The molecule has 4 heteroatoms. The molecule has 0 fully saturated rings. The van der Waals surface area contributed by atoms with Gasteiger partial charge in [0, 0.05) is 12.8 Å². The van der Waals surface area contributed by atoms with E-state index < -0.39 is 0 Å². The number of methoxy groups -OCH3 is 1. The fraction of sp³-hybridized carbons (Fsp3) is 0.333. The molecule has 0 aliphatic rings. The molecule has 1 aromatic carbocycles. The van der Waals surface area contributed by atoms with E-state index in [0.717, 1.165) is 22.5 Å². The van der Waals surface area contributed by atoms with Crippen LogP contribution in [0.1, 0.15) is 45.8 Å². The summed E-state index contributed by atoms with van der Waals surface area (Å²) in [6.45, 7) is 6.20. The van der Waals surface area contributed by atoms with E-state index in [9.17, 15) is 4.79 Å². The quantitative estimate of drug-likeness (QED) is 0.921. The lowest BCUT2D eigenvalue weighted by Gasteiger charge is -2.16. The van der Waals surface area contributed by atoms with Crippen molar-refractivity contribution in [3.05, 3.63) is 64.5 Å². The maximum atomic E-state index is 12.5. The predicted octanol–water partition coefficient (Wildman–Crippen LogP) is 3.34. The van der Waals surface area contributed by atoms with Crippen molar-refractivity contribution in [2.45, 2.75) is 33.4 Å². The number of nitrogens with one attached hydrogen (secondary N) is 1. The molecule has 1 atom stereocenters. The van der Waals surface area contributed by atoms with Crippen LogP contribution < -0.4 is 5.32 Å². The summed E-state index contributed by atoms with van der Waals surface area (Å²) in [5, 5.41) is 3.02. The van der Waals surface area contributed by atoms with Crippen molar-refractivity contribution >= 4 is 5.91 Å². The number of benzene rings is 1. The van der Waals surface area contributed by atoms with Crippen LogP contribution in [-0.2, 0) is 11.3 Å². The summed E-state index contributed by atoms with van der Waals surface area (Å²) in [5.74, 6) is -0.112. The maximum Gasteiger partial charge on any atom is 0.253 e. The molecule has 0 spiro atoms. The Morgan fingerprint density at radius 1 is 1.23 bits per heavy atom. The molecule has 0 aliphatic heterocycles. The second-order valence-electron chi connectivity index (χ2n) is 5.40. The predicted molar refractivity (Wildman–Crippen MR) is 86.7 cm³/mol. The molecule has 1 amide bonds. The van der Waals surface area contributed by atoms with E-state index in [1.165, 1.54) is 0 Å². The number of carbonyl (C=O) groups is 1. The minimum atomic E-state index is -0.112. The highest BCUT2D eigenvalue weighted by molar-refractivity contribution is 5.95. The molecule has 0 radical (unpaired) electrons. The Labute approximate surface area is 131 Å². The van der Waals surface area contributed by atoms with Gasteiger partial charge in [-0.3, -0.25) is 9.78 Å². The lowest BCUT2D eigenvalue weighted by molar-refractivity contribution is 0.0938. The fourth-order valence-corrected chi connectivity index (χ4v) is 2.40. The van der Waals surface area contributed by atoms with Gasteiger partial charge in [-0.1, -0.05) is 30.3 Å². The summed E-state index contributed by atoms with van der Waals surface area (Å²) in [6.07, 6.45) is 0. The van der Waals surface area contributed by atoms with Crippen LogP contribution in [0.2, 0.25) is 0 Å². The van der Waals surface area contributed by atoms with Crippen LogP contribution in [0, 0.1) is 13.8 Å². The molecule has 0 bridgehead atoms. The molecule has 22 heavy (non-hydrogen) atoms. The number of amides is 1. The second kappa shape index (κ2) is 7.18. The van der Waals surface area contributed by atoms with Crippen molar-refractivity contribution in [2.24, 2.45) is 0 Å². The minimum absolute atomic E-state index is 0.0553. The first-order valence-corrected chi connectivity index (χ1v) is 7.34. The smallest absolute Gasteiger partial charge is 0.253 e. The van der Waals surface area contributed by atoms with Crippen molar-refractivity contribution in [3.8, 4) is 0 Å². The Kier molecular flexibility index (Phi) is 5.28. The highest BCUT2D eigenvalue weighted by atomic mass is 16.5. The van der Waals surface area contributed by atoms with Crippen molar-refractivity contribution in [3.63, 3.8) is 0 Å². The molecule has 0 unspecified atom stereocenters. The Morgan fingerprint density at radius 3 is 2.55 bits per heavy atom. The Hall–Kier alpha value is -2.20. The van der Waals surface area contributed by atoms with Crippen LogP contribution in [0.15, 0.2) is 36.4 Å². The van der Waals surface area contributed by atoms with E-state index in [-0.39, 0.29) is 11.9 Å². The van der Waals surface area contributed by atoms with Gasteiger partial charge in [0.2, 0.25) is 0 Å². The SMILES string of the molecule is COCc1cc(C(=O)N[C@@H](C)c2ccccc2)c(C)nc1C. The monoisotopic (exact) mass is 298 g/mol. The van der Waals surface area contributed by atoms with E-state index in [0.29, 0.717) is 12.2 Å². The lowest BCUT2D eigenvalue weighted by Crippen LogP contribution is -2.27. The Morgan fingerprint density at radius 2 is 1.91 bits per heavy atom. The molecule has 1 aromatic heterocycles. The van der Waals surface area contributed by atoms with Crippen LogP contribution in [-0.4, -0.2) is 18.0 Å². The standard InChI is InChI=1S/C18H22N2O2/c1-12(15-8-6-5-7-9-15)20-18(21)17-10-16(11-22-4)13(2)19-14(17)3/h5-10,12H,11H2,1-4H3,(H,20,21)/t12-/m0/s1. The zero-order chi connectivity index (χ0) is 16.1. The van der Waals surface area contributed by atoms with Crippen LogP contribution in [0.4, 0.5) is 0 Å². The van der Waals surface area contributed by atoms with Crippen molar-refractivity contribution in [1.29, 1.82) is 0 Å².